The zero-order valence-corrected chi connectivity index (χ0v) is 15.6. The van der Waals surface area contributed by atoms with Crippen LogP contribution in [0.15, 0.2) is 39.4 Å². The first-order chi connectivity index (χ1) is 12.7. The number of thiazole rings is 1. The first kappa shape index (κ1) is 17.1. The summed E-state index contributed by atoms with van der Waals surface area (Å²) in [5, 5.41) is 14.4. The van der Waals surface area contributed by atoms with E-state index in [1.165, 1.54) is 21.1 Å². The molecule has 8 heteroatoms. The van der Waals surface area contributed by atoms with Crippen LogP contribution in [0.5, 0.6) is 0 Å². The van der Waals surface area contributed by atoms with Gasteiger partial charge in [-0.1, -0.05) is 18.2 Å². The Morgan fingerprint density at radius 1 is 1.31 bits per heavy atom. The topological polar surface area (TPSA) is 78.7 Å². The smallest absolute Gasteiger partial charge is 0.321 e. The van der Waals surface area contributed by atoms with Crippen molar-refractivity contribution in [1.29, 1.82) is 0 Å². The van der Waals surface area contributed by atoms with Crippen LogP contribution in [0.3, 0.4) is 0 Å². The van der Waals surface area contributed by atoms with Gasteiger partial charge in [-0.05, 0) is 6.07 Å². The normalized spacial score (nSPS) is 15.5. The van der Waals surface area contributed by atoms with Crippen LogP contribution in [0.4, 0.5) is 9.93 Å². The van der Waals surface area contributed by atoms with Crippen LogP contribution in [0.2, 0.25) is 0 Å². The van der Waals surface area contributed by atoms with E-state index in [1.807, 2.05) is 12.1 Å². The van der Waals surface area contributed by atoms with Gasteiger partial charge >= 0.3 is 6.03 Å². The lowest BCUT2D eigenvalue weighted by molar-refractivity contribution is 0.251. The summed E-state index contributed by atoms with van der Waals surface area (Å²) < 4.78 is 0. The van der Waals surface area contributed by atoms with Crippen LogP contribution < -0.4 is 10.6 Å². The number of amides is 2. The molecule has 0 unspecified atom stereocenters. The molecule has 2 N–H and O–H groups in total. The van der Waals surface area contributed by atoms with Crippen LogP contribution in [0, 0.1) is 12.3 Å². The second kappa shape index (κ2) is 7.09. The van der Waals surface area contributed by atoms with E-state index in [-0.39, 0.29) is 11.7 Å². The van der Waals surface area contributed by atoms with Crippen LogP contribution in [-0.2, 0) is 5.75 Å². The van der Waals surface area contributed by atoms with Crippen molar-refractivity contribution in [2.45, 2.75) is 35.6 Å². The third kappa shape index (κ3) is 3.59. The number of thioether (sulfide) groups is 1. The van der Waals surface area contributed by atoms with E-state index in [9.17, 15) is 4.79 Å². The van der Waals surface area contributed by atoms with Crippen molar-refractivity contribution < 1.29 is 4.79 Å². The average Bonchev–Trinajstić information content (AvgIpc) is 3.29. The first-order valence-corrected chi connectivity index (χ1v) is 10.1. The molecule has 0 saturated carbocycles. The Labute approximate surface area is 159 Å². The lowest BCUT2D eigenvalue weighted by atomic mass is 10.0. The Morgan fingerprint density at radius 2 is 2.15 bits per heavy atom. The predicted molar refractivity (Wildman–Crippen MR) is 104 cm³/mol. The Hall–Kier alpha value is -2.37. The standard InChI is InChI=1S/C18H17N5OS2/c1-2-3-8-18(22-23-18)9-10-19-16(24)21-17-20-15-12-6-4-5-7-13(12)25-11-14(15)26-17/h1,4-7H,3,8-11H2,(H2,19,20,21,24). The lowest BCUT2D eigenvalue weighted by Gasteiger charge is -2.13. The fourth-order valence-electron chi connectivity index (χ4n) is 2.83. The predicted octanol–water partition coefficient (Wildman–Crippen LogP) is 4.50. The molecule has 0 fully saturated rings. The number of nitrogens with zero attached hydrogens (tertiary/aromatic N) is 3. The molecule has 2 aliphatic rings. The summed E-state index contributed by atoms with van der Waals surface area (Å²) in [5.41, 5.74) is 1.74. The van der Waals surface area contributed by atoms with Gasteiger partial charge in [0.25, 0.3) is 0 Å². The SMILES string of the molecule is C#CCCC1(CCNC(=O)Nc2nc3c(s2)CSc2ccccc2-3)N=N1. The highest BCUT2D eigenvalue weighted by atomic mass is 32.2. The van der Waals surface area contributed by atoms with Gasteiger partial charge in [-0.3, -0.25) is 5.32 Å². The monoisotopic (exact) mass is 383 g/mol. The summed E-state index contributed by atoms with van der Waals surface area (Å²) in [4.78, 5) is 19.2. The van der Waals surface area contributed by atoms with Gasteiger partial charge in [0.05, 0.1) is 5.69 Å². The van der Waals surface area contributed by atoms with Crippen LogP contribution in [0.1, 0.15) is 24.1 Å². The Bertz CT molecular complexity index is 909. The molecule has 2 aliphatic heterocycles. The summed E-state index contributed by atoms with van der Waals surface area (Å²) >= 11 is 3.33. The van der Waals surface area contributed by atoms with Crippen molar-refractivity contribution in [3.63, 3.8) is 0 Å². The Kier molecular flexibility index (Phi) is 4.66. The average molecular weight is 384 g/mol. The van der Waals surface area contributed by atoms with Crippen molar-refractivity contribution in [2.75, 3.05) is 11.9 Å². The molecule has 4 rings (SSSR count). The van der Waals surface area contributed by atoms with Crippen LogP contribution in [-0.4, -0.2) is 23.2 Å². The number of benzene rings is 1. The van der Waals surface area contributed by atoms with Gasteiger partial charge in [-0.25, -0.2) is 9.78 Å². The molecule has 0 aliphatic carbocycles. The maximum Gasteiger partial charge on any atom is 0.321 e. The molecule has 2 aromatic rings. The molecular formula is C18H17N5OS2. The van der Waals surface area contributed by atoms with Crippen molar-refractivity contribution >= 4 is 34.3 Å². The highest BCUT2D eigenvalue weighted by Gasteiger charge is 2.38. The van der Waals surface area contributed by atoms with Crippen molar-refractivity contribution in [1.82, 2.24) is 10.3 Å². The van der Waals surface area contributed by atoms with E-state index in [0.29, 0.717) is 24.5 Å². The Morgan fingerprint density at radius 3 is 2.96 bits per heavy atom. The largest absolute Gasteiger partial charge is 0.338 e. The number of aromatic nitrogens is 1. The number of hydrogen-bond donors (Lipinski definition) is 2. The first-order valence-electron chi connectivity index (χ1n) is 8.33. The molecule has 0 radical (unpaired) electrons. The highest BCUT2D eigenvalue weighted by molar-refractivity contribution is 7.98. The number of fused-ring (bicyclic) bond motifs is 3. The Balaban J connectivity index is 1.32. The maximum atomic E-state index is 12.1. The molecule has 1 aromatic heterocycles. The number of hydrogen-bond acceptors (Lipinski definition) is 6. The van der Waals surface area contributed by atoms with E-state index in [0.717, 1.165) is 23.4 Å². The zero-order chi connectivity index (χ0) is 18.0. The lowest BCUT2D eigenvalue weighted by Crippen LogP contribution is -2.32. The second-order valence-corrected chi connectivity index (χ2v) is 8.19. The summed E-state index contributed by atoms with van der Waals surface area (Å²) in [6, 6.07) is 7.96. The molecule has 0 saturated heterocycles. The number of rotatable bonds is 6. The fraction of sp³-hybridized carbons (Fsp3) is 0.333. The maximum absolute atomic E-state index is 12.1. The van der Waals surface area contributed by atoms with Gasteiger partial charge < -0.3 is 5.32 Å². The molecule has 2 amide bonds. The number of anilines is 1. The van der Waals surface area contributed by atoms with E-state index in [2.05, 4.69) is 43.9 Å². The number of carbonyl (C=O) groups excluding carboxylic acids is 1. The van der Waals surface area contributed by atoms with E-state index < -0.39 is 0 Å². The quantitative estimate of drug-likeness (QED) is 0.721. The van der Waals surface area contributed by atoms with Crippen molar-refractivity contribution in [3.8, 4) is 23.6 Å². The van der Waals surface area contributed by atoms with Gasteiger partial charge in [-0.15, -0.1) is 35.4 Å². The van der Waals surface area contributed by atoms with E-state index in [4.69, 9.17) is 6.42 Å². The molecule has 0 bridgehead atoms. The van der Waals surface area contributed by atoms with Gasteiger partial charge in [0.2, 0.25) is 0 Å². The van der Waals surface area contributed by atoms with E-state index in [1.54, 1.807) is 11.8 Å². The third-order valence-corrected chi connectivity index (χ3v) is 6.54. The molecular weight excluding hydrogens is 366 g/mol. The molecule has 1 aromatic carbocycles. The third-order valence-electron chi connectivity index (χ3n) is 4.28. The molecule has 132 valence electrons. The minimum atomic E-state index is -0.374. The highest BCUT2D eigenvalue weighted by Crippen LogP contribution is 2.44. The molecule has 3 heterocycles. The molecule has 0 spiro atoms. The fourth-order valence-corrected chi connectivity index (χ4v) is 4.93. The summed E-state index contributed by atoms with van der Waals surface area (Å²) in [6.07, 6.45) is 7.33. The van der Waals surface area contributed by atoms with Gasteiger partial charge in [0.1, 0.15) is 0 Å². The summed E-state index contributed by atoms with van der Waals surface area (Å²) in [7, 11) is 0. The zero-order valence-electron chi connectivity index (χ0n) is 14.0. The minimum Gasteiger partial charge on any atom is -0.338 e. The van der Waals surface area contributed by atoms with Crippen molar-refractivity contribution in [3.05, 3.63) is 29.1 Å². The number of urea groups is 1. The van der Waals surface area contributed by atoms with Crippen LogP contribution in [0.25, 0.3) is 11.3 Å². The molecule has 6 nitrogen and oxygen atoms in total. The molecule has 26 heavy (non-hydrogen) atoms. The van der Waals surface area contributed by atoms with Gasteiger partial charge in [0.15, 0.2) is 10.8 Å². The number of nitrogens with one attached hydrogen (secondary N) is 2. The second-order valence-electron chi connectivity index (χ2n) is 6.09. The number of carbonyl (C=O) groups is 1. The van der Waals surface area contributed by atoms with Gasteiger partial charge in [-0.2, -0.15) is 10.2 Å². The molecule has 0 atom stereocenters. The van der Waals surface area contributed by atoms with Gasteiger partial charge in [0, 0.05) is 46.9 Å². The summed E-state index contributed by atoms with van der Waals surface area (Å²) in [6.45, 7) is 0.493. The summed E-state index contributed by atoms with van der Waals surface area (Å²) in [5.74, 6) is 3.48. The van der Waals surface area contributed by atoms with E-state index >= 15 is 0 Å². The van der Waals surface area contributed by atoms with Crippen LogP contribution >= 0.6 is 23.1 Å². The number of terminal acetylenes is 1. The minimum absolute atomic E-state index is 0.259. The van der Waals surface area contributed by atoms with Crippen molar-refractivity contribution in [2.24, 2.45) is 10.2 Å².